The molecule has 1 aromatic heterocycles. The van der Waals surface area contributed by atoms with Crippen molar-refractivity contribution in [1.29, 1.82) is 0 Å². The first-order chi connectivity index (χ1) is 13.0. The van der Waals surface area contributed by atoms with Gasteiger partial charge in [0.2, 0.25) is 0 Å². The maximum absolute atomic E-state index is 9.21. The molecule has 1 unspecified atom stereocenters. The van der Waals surface area contributed by atoms with Crippen LogP contribution in [0.25, 0.3) is 5.69 Å². The molecule has 1 atom stereocenters. The number of rotatable bonds is 4. The number of aromatic nitrogens is 2. The fraction of sp³-hybridized carbons (Fsp3) is 0.600. The summed E-state index contributed by atoms with van der Waals surface area (Å²) >= 11 is 6.26. The first-order valence-corrected chi connectivity index (χ1v) is 10.2. The number of hydrogen-bond acceptors (Lipinski definition) is 4. The fourth-order valence-corrected chi connectivity index (χ4v) is 4.63. The SMILES string of the molecule is CC(CO)OC1CCC(c2nbc3n2-c2ccc(Cl)cc2CN(C)C3)CC1. The number of benzene rings is 1. The van der Waals surface area contributed by atoms with Crippen LogP contribution < -0.4 is 0 Å². The average molecular weight is 388 g/mol. The van der Waals surface area contributed by atoms with Gasteiger partial charge in [-0.25, -0.2) is 0 Å². The Labute approximate surface area is 166 Å². The van der Waals surface area contributed by atoms with E-state index in [4.69, 9.17) is 21.2 Å². The van der Waals surface area contributed by atoms with Crippen molar-refractivity contribution >= 4 is 18.7 Å². The molecule has 1 aromatic carbocycles. The number of ether oxygens (including phenoxy) is 1. The van der Waals surface area contributed by atoms with Crippen molar-refractivity contribution in [3.8, 4) is 5.69 Å². The van der Waals surface area contributed by atoms with Gasteiger partial charge < -0.3 is 0 Å². The molecule has 1 aliphatic heterocycles. The van der Waals surface area contributed by atoms with Gasteiger partial charge in [-0.05, 0) is 0 Å². The molecule has 1 fully saturated rings. The van der Waals surface area contributed by atoms with E-state index in [-0.39, 0.29) is 18.8 Å². The molecule has 0 radical (unpaired) electrons. The van der Waals surface area contributed by atoms with E-state index in [0.717, 1.165) is 49.6 Å². The zero-order chi connectivity index (χ0) is 19.0. The van der Waals surface area contributed by atoms with Crippen LogP contribution in [0.4, 0.5) is 0 Å². The van der Waals surface area contributed by atoms with Gasteiger partial charge in [-0.1, -0.05) is 0 Å². The van der Waals surface area contributed by atoms with Crippen molar-refractivity contribution in [3.05, 3.63) is 40.2 Å². The van der Waals surface area contributed by atoms with Crippen LogP contribution in [0.1, 0.15) is 55.5 Å². The molecule has 144 valence electrons. The normalized spacial score (nSPS) is 24.0. The fourth-order valence-electron chi connectivity index (χ4n) is 4.43. The van der Waals surface area contributed by atoms with Crippen LogP contribution in [-0.2, 0) is 17.8 Å². The monoisotopic (exact) mass is 387 g/mol. The second-order valence-corrected chi connectivity index (χ2v) is 8.43. The van der Waals surface area contributed by atoms with Gasteiger partial charge in [0.1, 0.15) is 0 Å². The number of aliphatic hydroxyl groups excluding tert-OH is 1. The molecule has 2 aliphatic rings. The van der Waals surface area contributed by atoms with Gasteiger partial charge in [-0.15, -0.1) is 0 Å². The number of hydrogen-bond donors (Lipinski definition) is 1. The van der Waals surface area contributed by atoms with Crippen molar-refractivity contribution in [2.75, 3.05) is 13.7 Å². The first kappa shape index (κ1) is 19.1. The quantitative estimate of drug-likeness (QED) is 0.875. The van der Waals surface area contributed by atoms with Crippen LogP contribution in [0.2, 0.25) is 5.02 Å². The number of aliphatic hydroxyl groups is 1. The average Bonchev–Trinajstić information content (AvgIpc) is 2.99. The van der Waals surface area contributed by atoms with E-state index in [1.807, 2.05) is 20.0 Å². The number of fused-ring (bicyclic) bond motifs is 3. The molecule has 1 N–H and O–H groups in total. The molecule has 1 saturated carbocycles. The third kappa shape index (κ3) is 3.99. The summed E-state index contributed by atoms with van der Waals surface area (Å²) in [5.41, 5.74) is 3.69. The van der Waals surface area contributed by atoms with Gasteiger partial charge >= 0.3 is 166 Å². The van der Waals surface area contributed by atoms with Crippen molar-refractivity contribution in [1.82, 2.24) is 14.4 Å². The minimum atomic E-state index is -0.0820. The molecular weight excluding hydrogens is 361 g/mol. The van der Waals surface area contributed by atoms with Gasteiger partial charge in [0.05, 0.1) is 0 Å². The topological polar surface area (TPSA) is 50.5 Å². The predicted molar refractivity (Wildman–Crippen MR) is 108 cm³/mol. The number of nitrogens with zero attached hydrogens (tertiary/aromatic N) is 3. The van der Waals surface area contributed by atoms with E-state index in [1.165, 1.54) is 16.8 Å². The summed E-state index contributed by atoms with van der Waals surface area (Å²) in [7, 11) is 4.17. The summed E-state index contributed by atoms with van der Waals surface area (Å²) in [5, 5.41) is 9.99. The van der Waals surface area contributed by atoms with Crippen LogP contribution in [0.5, 0.6) is 0 Å². The molecule has 4 rings (SSSR count). The van der Waals surface area contributed by atoms with E-state index >= 15 is 0 Å². The minimum absolute atomic E-state index is 0.0820. The third-order valence-electron chi connectivity index (χ3n) is 5.74. The molecule has 0 spiro atoms. The van der Waals surface area contributed by atoms with Gasteiger partial charge in [-0.3, -0.25) is 0 Å². The standard InChI is InChI=1S/C20H27BClN3O2/c1-13(12-26)27-17-6-3-14(4-7-17)20-23-21-19-11-24(2)10-15-9-16(22)5-8-18(15)25(19)20/h5,8-9,13-14,17,26H,3-4,6-7,10-12H2,1-2H3. The summed E-state index contributed by atoms with van der Waals surface area (Å²) in [5.74, 6) is 1.60. The second-order valence-electron chi connectivity index (χ2n) is 7.99. The molecule has 0 bridgehead atoms. The van der Waals surface area contributed by atoms with Crippen LogP contribution in [0.15, 0.2) is 18.2 Å². The van der Waals surface area contributed by atoms with E-state index in [0.29, 0.717) is 5.92 Å². The molecule has 27 heavy (non-hydrogen) atoms. The van der Waals surface area contributed by atoms with E-state index < -0.39 is 0 Å². The maximum atomic E-state index is 9.21. The van der Waals surface area contributed by atoms with Crippen LogP contribution in [-0.4, -0.2) is 52.4 Å². The van der Waals surface area contributed by atoms with Crippen molar-refractivity contribution in [2.24, 2.45) is 0 Å². The zero-order valence-corrected chi connectivity index (χ0v) is 16.8. The van der Waals surface area contributed by atoms with Gasteiger partial charge in [0.25, 0.3) is 0 Å². The Morgan fingerprint density at radius 1 is 1.30 bits per heavy atom. The molecule has 2 aromatic rings. The Hall–Kier alpha value is -1.21. The van der Waals surface area contributed by atoms with Gasteiger partial charge in [-0.2, -0.15) is 0 Å². The summed E-state index contributed by atoms with van der Waals surface area (Å²) in [6.07, 6.45) is 4.34. The summed E-state index contributed by atoms with van der Waals surface area (Å²) in [6.45, 7) is 3.78. The van der Waals surface area contributed by atoms with Crippen molar-refractivity contribution in [2.45, 2.75) is 63.8 Å². The van der Waals surface area contributed by atoms with E-state index in [2.05, 4.69) is 28.6 Å². The Bertz CT molecular complexity index is 805. The summed E-state index contributed by atoms with van der Waals surface area (Å²) < 4.78 is 8.28. The van der Waals surface area contributed by atoms with Crippen LogP contribution >= 0.6 is 11.6 Å². The molecule has 0 saturated heterocycles. The van der Waals surface area contributed by atoms with Crippen LogP contribution in [0.3, 0.4) is 0 Å². The molecular formula is C20H27BClN3O2. The summed E-state index contributed by atoms with van der Waals surface area (Å²) in [6, 6.07) is 6.18. The molecule has 5 nitrogen and oxygen atoms in total. The number of halogens is 1. The van der Waals surface area contributed by atoms with E-state index in [1.54, 1.807) is 0 Å². The van der Waals surface area contributed by atoms with Gasteiger partial charge in [0, 0.05) is 0 Å². The van der Waals surface area contributed by atoms with Crippen molar-refractivity contribution < 1.29 is 9.84 Å². The predicted octanol–water partition coefficient (Wildman–Crippen LogP) is 3.23. The Morgan fingerprint density at radius 3 is 2.81 bits per heavy atom. The van der Waals surface area contributed by atoms with E-state index in [9.17, 15) is 5.11 Å². The van der Waals surface area contributed by atoms with Crippen LogP contribution in [0, 0.1) is 0 Å². The second kappa shape index (κ2) is 8.04. The zero-order valence-electron chi connectivity index (χ0n) is 16.1. The Kier molecular flexibility index (Phi) is 5.69. The van der Waals surface area contributed by atoms with Gasteiger partial charge in [0.15, 0.2) is 0 Å². The summed E-state index contributed by atoms with van der Waals surface area (Å²) in [4.78, 5) is 7.15. The molecule has 2 heterocycles. The molecule has 0 amide bonds. The third-order valence-corrected chi connectivity index (χ3v) is 5.97. The Morgan fingerprint density at radius 2 is 2.07 bits per heavy atom. The molecule has 7 heteroatoms. The van der Waals surface area contributed by atoms with Crippen molar-refractivity contribution in [3.63, 3.8) is 0 Å². The first-order valence-electron chi connectivity index (χ1n) is 9.85. The molecule has 1 aliphatic carbocycles. The Balaban J connectivity index is 1.60.